The van der Waals surface area contributed by atoms with Gasteiger partial charge in [-0.3, -0.25) is 0 Å². The number of nitrogens with zero attached hydrogens (tertiary/aromatic N) is 3. The minimum atomic E-state index is 0.490. The van der Waals surface area contributed by atoms with E-state index in [1.165, 1.54) is 20.2 Å². The average molecular weight is 476 g/mol. The van der Waals surface area contributed by atoms with Gasteiger partial charge in [-0.1, -0.05) is 60.7 Å². The highest BCUT2D eigenvalue weighted by Crippen LogP contribution is 2.43. The largest absolute Gasteiger partial charge is 0.309 e. The molecule has 0 aliphatic rings. The molecule has 0 fully saturated rings. The fraction of sp³-hybridized carbons (Fsp3) is 0. The number of aromatic nitrogens is 1. The molecule has 0 atom stereocenters. The lowest BCUT2D eigenvalue weighted by Gasteiger charge is -2.11. The molecule has 0 saturated heterocycles. The Hall–Kier alpha value is -4.90. The highest BCUT2D eigenvalue weighted by Gasteiger charge is 2.19. The van der Waals surface area contributed by atoms with Gasteiger partial charge in [-0.2, -0.15) is 5.26 Å². The highest BCUT2D eigenvalue weighted by atomic mass is 32.1. The fourth-order valence-corrected chi connectivity index (χ4v) is 6.45. The van der Waals surface area contributed by atoms with E-state index in [-0.39, 0.29) is 0 Å². The Bertz CT molecular complexity index is 2050. The standard InChI is InChI=1S/C32H17N3S/c1-34-26-12-6-8-20(19-33)31(26)24-11-7-14-28-32(24)23-10-2-4-13-27(23)35(28)21-16-17-30-25(18-21)22-9-3-5-15-29(22)36-30/h2-18H. The second kappa shape index (κ2) is 7.82. The molecular weight excluding hydrogens is 458 g/mol. The van der Waals surface area contributed by atoms with Gasteiger partial charge in [-0.05, 0) is 48.0 Å². The Labute approximate surface area is 211 Å². The Kier molecular flexibility index (Phi) is 4.45. The maximum Gasteiger partial charge on any atom is 0.196 e. The predicted octanol–water partition coefficient (Wildman–Crippen LogP) is 9.24. The van der Waals surface area contributed by atoms with E-state index >= 15 is 0 Å². The van der Waals surface area contributed by atoms with Crippen LogP contribution in [0.1, 0.15) is 5.56 Å². The number of fused-ring (bicyclic) bond motifs is 6. The van der Waals surface area contributed by atoms with Crippen LogP contribution in [0.5, 0.6) is 0 Å². The molecule has 3 nitrogen and oxygen atoms in total. The van der Waals surface area contributed by atoms with E-state index in [2.05, 4.69) is 82.2 Å². The second-order valence-electron chi connectivity index (χ2n) is 8.75. The van der Waals surface area contributed by atoms with Gasteiger partial charge in [-0.15, -0.1) is 11.3 Å². The first-order chi connectivity index (χ1) is 17.8. The molecule has 4 heteroatoms. The minimum absolute atomic E-state index is 0.490. The van der Waals surface area contributed by atoms with Crippen molar-refractivity contribution in [3.8, 4) is 22.9 Å². The second-order valence-corrected chi connectivity index (χ2v) is 9.84. The van der Waals surface area contributed by atoms with E-state index in [1.54, 1.807) is 18.2 Å². The van der Waals surface area contributed by atoms with Gasteiger partial charge in [0.25, 0.3) is 0 Å². The number of hydrogen-bond acceptors (Lipinski definition) is 2. The third-order valence-electron chi connectivity index (χ3n) is 6.87. The zero-order valence-corrected chi connectivity index (χ0v) is 19.9. The molecule has 0 spiro atoms. The molecule has 0 N–H and O–H groups in total. The van der Waals surface area contributed by atoms with Crippen LogP contribution in [-0.2, 0) is 0 Å². The summed E-state index contributed by atoms with van der Waals surface area (Å²) in [5, 5.41) is 14.5. The molecule has 7 aromatic rings. The van der Waals surface area contributed by atoms with Crippen molar-refractivity contribution in [1.29, 1.82) is 5.26 Å². The number of nitriles is 1. The molecule has 0 saturated carbocycles. The monoisotopic (exact) mass is 475 g/mol. The summed E-state index contributed by atoms with van der Waals surface area (Å²) in [5.41, 5.74) is 5.85. The molecule has 2 heterocycles. The van der Waals surface area contributed by atoms with E-state index in [4.69, 9.17) is 6.57 Å². The number of para-hydroxylation sites is 1. The van der Waals surface area contributed by atoms with E-state index in [0.717, 1.165) is 33.1 Å². The number of hydrogen-bond donors (Lipinski definition) is 0. The summed E-state index contributed by atoms with van der Waals surface area (Å²) in [6.45, 7) is 7.76. The number of benzene rings is 5. The summed E-state index contributed by atoms with van der Waals surface area (Å²) in [5.74, 6) is 0. The first-order valence-electron chi connectivity index (χ1n) is 11.6. The van der Waals surface area contributed by atoms with Gasteiger partial charge >= 0.3 is 0 Å². The van der Waals surface area contributed by atoms with Crippen molar-refractivity contribution >= 4 is 59.0 Å². The van der Waals surface area contributed by atoms with Crippen molar-refractivity contribution in [3.05, 3.63) is 120 Å². The first-order valence-corrected chi connectivity index (χ1v) is 12.4. The first kappa shape index (κ1) is 20.5. The average Bonchev–Trinajstić information content (AvgIpc) is 3.48. The maximum atomic E-state index is 9.88. The van der Waals surface area contributed by atoms with Gasteiger partial charge < -0.3 is 4.57 Å². The zero-order valence-electron chi connectivity index (χ0n) is 19.1. The molecule has 0 aliphatic carbocycles. The van der Waals surface area contributed by atoms with Gasteiger partial charge in [0.15, 0.2) is 5.69 Å². The lowest BCUT2D eigenvalue weighted by molar-refractivity contribution is 1.19. The molecule has 0 bridgehead atoms. The van der Waals surface area contributed by atoms with Crippen molar-refractivity contribution in [2.24, 2.45) is 0 Å². The van der Waals surface area contributed by atoms with Crippen LogP contribution in [0, 0.1) is 17.9 Å². The maximum absolute atomic E-state index is 9.88. The molecule has 7 rings (SSSR count). The van der Waals surface area contributed by atoms with Gasteiger partial charge in [-0.25, -0.2) is 4.85 Å². The van der Waals surface area contributed by atoms with E-state index in [1.807, 2.05) is 29.5 Å². The van der Waals surface area contributed by atoms with Crippen molar-refractivity contribution < 1.29 is 0 Å². The molecular formula is C32H17N3S. The molecule has 5 aromatic carbocycles. The quantitative estimate of drug-likeness (QED) is 0.229. The Balaban J connectivity index is 1.61. The fourth-order valence-electron chi connectivity index (χ4n) is 5.37. The Morgan fingerprint density at radius 3 is 2.33 bits per heavy atom. The molecule has 0 aliphatic heterocycles. The SMILES string of the molecule is [C-]#[N+]c1cccc(C#N)c1-c1cccc2c1c1ccccc1n2-c1ccc2sc3ccccc3c2c1. The highest BCUT2D eigenvalue weighted by molar-refractivity contribution is 7.25. The van der Waals surface area contributed by atoms with Crippen LogP contribution in [-0.4, -0.2) is 4.57 Å². The molecule has 0 unspecified atom stereocenters. The van der Waals surface area contributed by atoms with E-state index in [9.17, 15) is 5.26 Å². The van der Waals surface area contributed by atoms with Crippen molar-refractivity contribution in [1.82, 2.24) is 4.57 Å². The molecule has 36 heavy (non-hydrogen) atoms. The summed E-state index contributed by atoms with van der Waals surface area (Å²) < 4.78 is 4.85. The summed E-state index contributed by atoms with van der Waals surface area (Å²) in [6.07, 6.45) is 0. The van der Waals surface area contributed by atoms with Crippen molar-refractivity contribution in [2.45, 2.75) is 0 Å². The van der Waals surface area contributed by atoms with Crippen LogP contribution in [0.3, 0.4) is 0 Å². The van der Waals surface area contributed by atoms with Crippen molar-refractivity contribution in [3.63, 3.8) is 0 Å². The molecule has 0 amide bonds. The van der Waals surface area contributed by atoms with Gasteiger partial charge in [0.1, 0.15) is 0 Å². The minimum Gasteiger partial charge on any atom is -0.309 e. The molecule has 2 aromatic heterocycles. The van der Waals surface area contributed by atoms with Gasteiger partial charge in [0.05, 0.1) is 23.7 Å². The summed E-state index contributed by atoms with van der Waals surface area (Å²) in [7, 11) is 0. The summed E-state index contributed by atoms with van der Waals surface area (Å²) in [6, 6.07) is 37.4. The van der Waals surface area contributed by atoms with Crippen LogP contribution < -0.4 is 0 Å². The van der Waals surface area contributed by atoms with Crippen LogP contribution in [0.15, 0.2) is 103 Å². The molecule has 0 radical (unpaired) electrons. The van der Waals surface area contributed by atoms with Crippen LogP contribution in [0.2, 0.25) is 0 Å². The summed E-state index contributed by atoms with van der Waals surface area (Å²) >= 11 is 1.81. The van der Waals surface area contributed by atoms with Crippen molar-refractivity contribution in [2.75, 3.05) is 0 Å². The Morgan fingerprint density at radius 1 is 0.722 bits per heavy atom. The van der Waals surface area contributed by atoms with Gasteiger partial charge in [0.2, 0.25) is 0 Å². The normalized spacial score (nSPS) is 11.3. The lowest BCUT2D eigenvalue weighted by Crippen LogP contribution is -1.93. The van der Waals surface area contributed by atoms with Crippen LogP contribution >= 0.6 is 11.3 Å². The third-order valence-corrected chi connectivity index (χ3v) is 8.02. The number of rotatable bonds is 2. The predicted molar refractivity (Wildman–Crippen MR) is 150 cm³/mol. The van der Waals surface area contributed by atoms with E-state index in [0.29, 0.717) is 16.8 Å². The zero-order chi connectivity index (χ0) is 24.2. The lowest BCUT2D eigenvalue weighted by atomic mass is 9.94. The molecule has 166 valence electrons. The van der Waals surface area contributed by atoms with Crippen LogP contribution in [0.4, 0.5) is 5.69 Å². The van der Waals surface area contributed by atoms with Gasteiger partial charge in [0, 0.05) is 47.8 Å². The topological polar surface area (TPSA) is 33.1 Å². The summed E-state index contributed by atoms with van der Waals surface area (Å²) in [4.78, 5) is 3.76. The van der Waals surface area contributed by atoms with E-state index < -0.39 is 0 Å². The third kappa shape index (κ3) is 2.83. The van der Waals surface area contributed by atoms with Crippen LogP contribution in [0.25, 0.3) is 63.6 Å². The Morgan fingerprint density at radius 2 is 1.47 bits per heavy atom. The smallest absolute Gasteiger partial charge is 0.196 e. The number of thiophene rings is 1.